The first kappa shape index (κ1) is 34.5. The first-order chi connectivity index (χ1) is 21.8. The summed E-state index contributed by atoms with van der Waals surface area (Å²) in [6.07, 6.45) is 0.201. The molecule has 0 fully saturated rings. The number of benzene rings is 4. The maximum atomic E-state index is 14.6. The van der Waals surface area contributed by atoms with E-state index in [9.17, 15) is 18.0 Å². The van der Waals surface area contributed by atoms with Gasteiger partial charge in [-0.25, -0.2) is 8.42 Å². The van der Waals surface area contributed by atoms with E-state index in [2.05, 4.69) is 5.32 Å². The van der Waals surface area contributed by atoms with Crippen LogP contribution < -0.4 is 14.4 Å². The molecule has 0 radical (unpaired) electrons. The Labute approximate surface area is 277 Å². The second kappa shape index (κ2) is 14.8. The van der Waals surface area contributed by atoms with E-state index in [1.807, 2.05) is 58.0 Å². The minimum absolute atomic E-state index is 0.0192. The van der Waals surface area contributed by atoms with E-state index >= 15 is 0 Å². The molecule has 0 bridgehead atoms. The number of methoxy groups -OCH3 is 1. The Morgan fingerprint density at radius 1 is 0.870 bits per heavy atom. The average molecular weight is 662 g/mol. The molecule has 4 aromatic rings. The summed E-state index contributed by atoms with van der Waals surface area (Å²) in [5.74, 6) is -0.407. The molecule has 1 atom stereocenters. The second-order valence-corrected chi connectivity index (χ2v) is 14.4. The van der Waals surface area contributed by atoms with Gasteiger partial charge in [0.15, 0.2) is 0 Å². The van der Waals surface area contributed by atoms with Gasteiger partial charge < -0.3 is 15.0 Å². The molecule has 4 rings (SSSR count). The Hall–Kier alpha value is -4.34. The molecule has 10 heteroatoms. The van der Waals surface area contributed by atoms with Gasteiger partial charge in [-0.2, -0.15) is 0 Å². The maximum absolute atomic E-state index is 14.6. The van der Waals surface area contributed by atoms with E-state index in [0.717, 1.165) is 15.4 Å². The van der Waals surface area contributed by atoms with Gasteiger partial charge in [-0.1, -0.05) is 77.8 Å². The van der Waals surface area contributed by atoms with E-state index in [-0.39, 0.29) is 29.5 Å². The standard InChI is InChI=1S/C36H40ClN3O5S/c1-26-15-21-31(22-16-26)46(43,44)40(29-17-19-30(45-5)20-18-29)25-34(41)39(24-28-13-9-10-14-32(28)37)33(35(42)38-36(2,3)4)23-27-11-7-6-8-12-27/h6-22,33H,23-25H2,1-5H3,(H,38,42)/t33-/m1/s1. The van der Waals surface area contributed by atoms with Crippen LogP contribution in [0.15, 0.2) is 108 Å². The first-order valence-corrected chi connectivity index (χ1v) is 16.7. The number of carbonyl (C=O) groups excluding carboxylic acids is 2. The van der Waals surface area contributed by atoms with Crippen LogP contribution in [0, 0.1) is 6.92 Å². The van der Waals surface area contributed by atoms with Crippen LogP contribution in [0.25, 0.3) is 0 Å². The van der Waals surface area contributed by atoms with Crippen LogP contribution in [0.3, 0.4) is 0 Å². The number of halogens is 1. The third kappa shape index (κ3) is 8.89. The SMILES string of the molecule is COc1ccc(N(CC(=O)N(Cc2ccccc2Cl)[C@H](Cc2ccccc2)C(=O)NC(C)(C)C)S(=O)(=O)c2ccc(C)cc2)cc1. The lowest BCUT2D eigenvalue weighted by Gasteiger charge is -2.35. The number of hydrogen-bond acceptors (Lipinski definition) is 5. The molecule has 8 nitrogen and oxygen atoms in total. The monoisotopic (exact) mass is 661 g/mol. The zero-order chi connectivity index (χ0) is 33.5. The predicted molar refractivity (Wildman–Crippen MR) is 183 cm³/mol. The number of sulfonamides is 1. The fourth-order valence-electron chi connectivity index (χ4n) is 4.93. The average Bonchev–Trinajstić information content (AvgIpc) is 3.02. The molecule has 0 aromatic heterocycles. The summed E-state index contributed by atoms with van der Waals surface area (Å²) in [6.45, 7) is 6.87. The summed E-state index contributed by atoms with van der Waals surface area (Å²) in [5, 5.41) is 3.45. The van der Waals surface area contributed by atoms with Crippen LogP contribution in [0.1, 0.15) is 37.5 Å². The van der Waals surface area contributed by atoms with E-state index in [4.69, 9.17) is 16.3 Å². The highest BCUT2D eigenvalue weighted by Gasteiger charge is 2.36. The highest BCUT2D eigenvalue weighted by molar-refractivity contribution is 7.92. The fraction of sp³-hybridized carbons (Fsp3) is 0.278. The summed E-state index contributed by atoms with van der Waals surface area (Å²) < 4.78 is 34.7. The van der Waals surface area contributed by atoms with E-state index in [1.54, 1.807) is 60.7 Å². The number of rotatable bonds is 12. The Bertz CT molecular complexity index is 1740. The molecular weight excluding hydrogens is 622 g/mol. The molecule has 2 amide bonds. The maximum Gasteiger partial charge on any atom is 0.264 e. The summed E-state index contributed by atoms with van der Waals surface area (Å²) >= 11 is 6.56. The third-order valence-corrected chi connectivity index (χ3v) is 9.47. The lowest BCUT2D eigenvalue weighted by Crippen LogP contribution is -2.56. The lowest BCUT2D eigenvalue weighted by atomic mass is 10.0. The summed E-state index contributed by atoms with van der Waals surface area (Å²) in [4.78, 5) is 30.0. The number of carbonyl (C=O) groups is 2. The molecular formula is C36H40ClN3O5S. The van der Waals surface area contributed by atoms with Crippen molar-refractivity contribution in [1.82, 2.24) is 10.2 Å². The molecule has 4 aromatic carbocycles. The van der Waals surface area contributed by atoms with Gasteiger partial charge in [0.05, 0.1) is 17.7 Å². The van der Waals surface area contributed by atoms with Gasteiger partial charge >= 0.3 is 0 Å². The van der Waals surface area contributed by atoms with Crippen molar-refractivity contribution in [3.05, 3.63) is 125 Å². The van der Waals surface area contributed by atoms with Crippen molar-refractivity contribution in [3.63, 3.8) is 0 Å². The van der Waals surface area contributed by atoms with Gasteiger partial charge in [0, 0.05) is 23.5 Å². The molecule has 0 unspecified atom stereocenters. The number of anilines is 1. The van der Waals surface area contributed by atoms with E-state index < -0.39 is 34.1 Å². The Balaban J connectivity index is 1.83. The van der Waals surface area contributed by atoms with Crippen molar-refractivity contribution >= 4 is 39.1 Å². The quantitative estimate of drug-likeness (QED) is 0.189. The molecule has 0 saturated heterocycles. The number of aryl methyl sites for hydroxylation is 1. The number of ether oxygens (including phenoxy) is 1. The minimum Gasteiger partial charge on any atom is -0.497 e. The van der Waals surface area contributed by atoms with Crippen molar-refractivity contribution in [2.75, 3.05) is 18.0 Å². The van der Waals surface area contributed by atoms with E-state index in [1.165, 1.54) is 24.1 Å². The minimum atomic E-state index is -4.22. The molecule has 0 heterocycles. The predicted octanol–water partition coefficient (Wildman–Crippen LogP) is 6.41. The highest BCUT2D eigenvalue weighted by Crippen LogP contribution is 2.28. The zero-order valence-corrected chi connectivity index (χ0v) is 28.3. The molecule has 0 aliphatic rings. The van der Waals surface area contributed by atoms with Crippen LogP contribution in [0.4, 0.5) is 5.69 Å². The topological polar surface area (TPSA) is 96.0 Å². The molecule has 0 saturated carbocycles. The van der Waals surface area contributed by atoms with Gasteiger partial charge in [0.25, 0.3) is 10.0 Å². The van der Waals surface area contributed by atoms with E-state index in [0.29, 0.717) is 16.3 Å². The number of amides is 2. The summed E-state index contributed by atoms with van der Waals surface area (Å²) in [7, 11) is -2.70. The summed E-state index contributed by atoms with van der Waals surface area (Å²) in [5.41, 5.74) is 2.04. The number of hydrogen-bond donors (Lipinski definition) is 1. The molecule has 0 aliphatic carbocycles. The fourth-order valence-corrected chi connectivity index (χ4v) is 6.54. The second-order valence-electron chi connectivity index (χ2n) is 12.1. The lowest BCUT2D eigenvalue weighted by molar-refractivity contribution is -0.140. The molecule has 1 N–H and O–H groups in total. The van der Waals surface area contributed by atoms with Crippen LogP contribution in [-0.2, 0) is 32.6 Å². The number of nitrogens with zero attached hydrogens (tertiary/aromatic N) is 2. The van der Waals surface area contributed by atoms with Crippen molar-refractivity contribution in [2.45, 2.75) is 57.1 Å². The van der Waals surface area contributed by atoms with Crippen molar-refractivity contribution in [1.29, 1.82) is 0 Å². The Morgan fingerprint density at radius 2 is 1.48 bits per heavy atom. The normalized spacial score (nSPS) is 12.2. The van der Waals surface area contributed by atoms with Crippen molar-refractivity contribution in [2.24, 2.45) is 0 Å². The Morgan fingerprint density at radius 3 is 2.07 bits per heavy atom. The zero-order valence-electron chi connectivity index (χ0n) is 26.7. The molecule has 0 spiro atoms. The van der Waals surface area contributed by atoms with Crippen molar-refractivity contribution in [3.8, 4) is 5.75 Å². The molecule has 46 heavy (non-hydrogen) atoms. The molecule has 0 aliphatic heterocycles. The van der Waals surface area contributed by atoms with Gasteiger partial charge in [0.2, 0.25) is 11.8 Å². The van der Waals surface area contributed by atoms with Gasteiger partial charge in [-0.15, -0.1) is 0 Å². The van der Waals surface area contributed by atoms with Gasteiger partial charge in [-0.05, 0) is 81.3 Å². The first-order valence-electron chi connectivity index (χ1n) is 14.9. The Kier molecular flexibility index (Phi) is 11.1. The van der Waals surface area contributed by atoms with Crippen molar-refractivity contribution < 1.29 is 22.7 Å². The van der Waals surface area contributed by atoms with Crippen LogP contribution in [0.5, 0.6) is 5.75 Å². The largest absolute Gasteiger partial charge is 0.497 e. The highest BCUT2D eigenvalue weighted by atomic mass is 35.5. The van der Waals surface area contributed by atoms with Crippen LogP contribution in [-0.4, -0.2) is 50.4 Å². The molecule has 242 valence electrons. The third-order valence-electron chi connectivity index (χ3n) is 7.32. The van der Waals surface area contributed by atoms with Gasteiger partial charge in [-0.3, -0.25) is 13.9 Å². The smallest absolute Gasteiger partial charge is 0.264 e. The van der Waals surface area contributed by atoms with Crippen LogP contribution >= 0.6 is 11.6 Å². The van der Waals surface area contributed by atoms with Gasteiger partial charge in [0.1, 0.15) is 18.3 Å². The summed E-state index contributed by atoms with van der Waals surface area (Å²) in [6, 6.07) is 28.4. The number of nitrogens with one attached hydrogen (secondary N) is 1. The van der Waals surface area contributed by atoms with Crippen LogP contribution in [0.2, 0.25) is 5.02 Å².